The van der Waals surface area contributed by atoms with Crippen LogP contribution >= 0.6 is 11.8 Å². The van der Waals surface area contributed by atoms with Gasteiger partial charge in [-0.1, -0.05) is 12.1 Å². The second-order valence-electron chi connectivity index (χ2n) is 16.0. The van der Waals surface area contributed by atoms with Crippen LogP contribution in [0.4, 0.5) is 4.79 Å². The lowest BCUT2D eigenvalue weighted by atomic mass is 9.71. The highest BCUT2D eigenvalue weighted by Crippen LogP contribution is 2.64. The summed E-state index contributed by atoms with van der Waals surface area (Å²) in [6.45, 7) is 15.2. The van der Waals surface area contributed by atoms with Crippen molar-refractivity contribution in [1.82, 2.24) is 15.1 Å². The van der Waals surface area contributed by atoms with Gasteiger partial charge in [-0.25, -0.2) is 9.59 Å². The number of ether oxygens (including phenoxy) is 9. The fourth-order valence-corrected chi connectivity index (χ4v) is 10.7. The fourth-order valence-electron chi connectivity index (χ4n) is 9.19. The Bertz CT molecular complexity index is 2050. The maximum absolute atomic E-state index is 14.0. The van der Waals surface area contributed by atoms with Crippen LogP contribution in [0.5, 0.6) is 28.7 Å². The molecule has 59 heavy (non-hydrogen) atoms. The smallest absolute Gasteiger partial charge is 0.408 e. The number of thioether (sulfide) groups is 1. The standard InChI is InChI=1S/C42H52N4O12S/c1-10-11-45-26-15-24-14-21(2)34(51-9)37(54-19-52-13-12-50-8)29(24)32(45)33-39-31-30(38-36(55-20-56-38)22(3)35(31)57-23(4)47)28(46(33)27(26)16-43)17-53-40(48)25(18-59-39)44-41(49)58-42(5,6)7/h10,14,25-28,32-33,39H,1,11-13,15,17-20H2,2-9H3,(H,44,49)/t25-,26-,27-,28-,32+,33?,39+/m0/s1. The van der Waals surface area contributed by atoms with E-state index >= 15 is 0 Å². The van der Waals surface area contributed by atoms with Crippen molar-refractivity contribution in [2.45, 2.75) is 95.1 Å². The first kappa shape index (κ1) is 42.4. The van der Waals surface area contributed by atoms with Crippen molar-refractivity contribution in [3.63, 3.8) is 0 Å². The molecule has 0 saturated carbocycles. The summed E-state index contributed by atoms with van der Waals surface area (Å²) >= 11 is 1.38. The van der Waals surface area contributed by atoms with Gasteiger partial charge < -0.3 is 47.9 Å². The lowest BCUT2D eigenvalue weighted by Crippen LogP contribution is -2.70. The van der Waals surface area contributed by atoms with Crippen molar-refractivity contribution in [1.29, 1.82) is 5.26 Å². The molecular formula is C42H52N4O12S. The Balaban J connectivity index is 1.49. The first-order valence-electron chi connectivity index (χ1n) is 19.6. The number of aryl methyl sites for hydroxylation is 1. The number of nitrogens with one attached hydrogen (secondary N) is 1. The van der Waals surface area contributed by atoms with Gasteiger partial charge in [0.1, 0.15) is 30.0 Å². The van der Waals surface area contributed by atoms with Crippen LogP contribution < -0.4 is 29.0 Å². The monoisotopic (exact) mass is 836 g/mol. The summed E-state index contributed by atoms with van der Waals surface area (Å²) in [5.41, 5.74) is 3.70. The molecule has 2 aromatic rings. The molecule has 2 fully saturated rings. The van der Waals surface area contributed by atoms with Gasteiger partial charge in [-0.3, -0.25) is 14.6 Å². The van der Waals surface area contributed by atoms with E-state index in [1.54, 1.807) is 35.0 Å². The number of hydrogen-bond donors (Lipinski definition) is 1. The largest absolute Gasteiger partial charge is 0.493 e. The van der Waals surface area contributed by atoms with E-state index in [0.29, 0.717) is 71.6 Å². The van der Waals surface area contributed by atoms with Gasteiger partial charge in [-0.15, -0.1) is 18.3 Å². The Labute approximate surface area is 348 Å². The molecular weight excluding hydrogens is 785 g/mol. The van der Waals surface area contributed by atoms with Crippen LogP contribution in [0, 0.1) is 25.2 Å². The number of nitriles is 1. The zero-order valence-electron chi connectivity index (χ0n) is 34.7. The van der Waals surface area contributed by atoms with Gasteiger partial charge in [-0.2, -0.15) is 5.26 Å². The molecule has 7 rings (SSSR count). The average Bonchev–Trinajstić information content (AvgIpc) is 3.67. The molecule has 2 saturated heterocycles. The van der Waals surface area contributed by atoms with Crippen molar-refractivity contribution >= 4 is 29.8 Å². The first-order chi connectivity index (χ1) is 28.2. The Morgan fingerprint density at radius 1 is 1.08 bits per heavy atom. The van der Waals surface area contributed by atoms with Crippen molar-refractivity contribution in [2.75, 3.05) is 59.9 Å². The third-order valence-electron chi connectivity index (χ3n) is 11.2. The highest BCUT2D eigenvalue weighted by molar-refractivity contribution is 7.99. The summed E-state index contributed by atoms with van der Waals surface area (Å²) in [5, 5.41) is 13.4. The number of methoxy groups -OCH3 is 2. The van der Waals surface area contributed by atoms with E-state index in [1.807, 2.05) is 19.9 Å². The van der Waals surface area contributed by atoms with E-state index in [9.17, 15) is 19.6 Å². The highest BCUT2D eigenvalue weighted by atomic mass is 32.2. The van der Waals surface area contributed by atoms with Gasteiger partial charge in [0.2, 0.25) is 6.79 Å². The minimum atomic E-state index is -1.12. The van der Waals surface area contributed by atoms with Crippen LogP contribution in [0.25, 0.3) is 0 Å². The van der Waals surface area contributed by atoms with Crippen molar-refractivity contribution in [3.05, 3.63) is 52.1 Å². The molecule has 0 radical (unpaired) electrons. The fraction of sp³-hybridized carbons (Fsp3) is 0.571. The third kappa shape index (κ3) is 7.77. The number of esters is 2. The van der Waals surface area contributed by atoms with Crippen LogP contribution in [0.2, 0.25) is 0 Å². The van der Waals surface area contributed by atoms with E-state index in [-0.39, 0.29) is 32.0 Å². The molecule has 0 aliphatic carbocycles. The molecule has 17 heteroatoms. The average molecular weight is 837 g/mol. The van der Waals surface area contributed by atoms with E-state index < -0.39 is 59.1 Å². The van der Waals surface area contributed by atoms with Gasteiger partial charge in [0.15, 0.2) is 29.8 Å². The number of piperazine rings is 1. The van der Waals surface area contributed by atoms with Crippen LogP contribution in [0.3, 0.4) is 0 Å². The number of hydrogen-bond acceptors (Lipinski definition) is 16. The summed E-state index contributed by atoms with van der Waals surface area (Å²) in [6, 6.07) is 0.695. The predicted octanol–water partition coefficient (Wildman–Crippen LogP) is 4.97. The second kappa shape index (κ2) is 17.1. The lowest BCUT2D eigenvalue weighted by Gasteiger charge is -2.62. The number of benzene rings is 2. The molecule has 1 N–H and O–H groups in total. The van der Waals surface area contributed by atoms with E-state index in [4.69, 9.17) is 42.6 Å². The molecule has 2 aromatic carbocycles. The van der Waals surface area contributed by atoms with E-state index in [2.05, 4.69) is 33.8 Å². The molecule has 5 aliphatic heterocycles. The summed E-state index contributed by atoms with van der Waals surface area (Å²) in [7, 11) is 3.19. The van der Waals surface area contributed by atoms with E-state index in [1.165, 1.54) is 18.7 Å². The minimum Gasteiger partial charge on any atom is -0.493 e. The number of alkyl carbamates (subject to hydrolysis) is 1. The van der Waals surface area contributed by atoms with Crippen LogP contribution in [-0.4, -0.2) is 118 Å². The van der Waals surface area contributed by atoms with Gasteiger partial charge in [0, 0.05) is 60.7 Å². The molecule has 0 aromatic heterocycles. The number of rotatable bonds is 11. The maximum atomic E-state index is 14.0. The van der Waals surface area contributed by atoms with Crippen LogP contribution in [0.1, 0.15) is 78.4 Å². The SMILES string of the molecule is C=CCN1[C@@H]2c3c(cc(C)c(OC)c3OCOCCOC)C[C@H]1[C@H](C#N)N1C2[C@@H]2SC[C@H](NC(=O)OC(C)(C)C)C(=O)OC[C@H]1c1c3c(c(C)c(OC(C)=O)c12)OCO3. The Morgan fingerprint density at radius 3 is 2.53 bits per heavy atom. The summed E-state index contributed by atoms with van der Waals surface area (Å²) in [6.07, 6.45) is 1.53. The third-order valence-corrected chi connectivity index (χ3v) is 12.6. The molecule has 1 unspecified atom stereocenters. The van der Waals surface area contributed by atoms with Crippen molar-refractivity contribution in [2.24, 2.45) is 0 Å². The molecule has 5 aliphatic rings. The number of nitrogens with zero attached hydrogens (tertiary/aromatic N) is 3. The maximum Gasteiger partial charge on any atom is 0.408 e. The molecule has 5 heterocycles. The summed E-state index contributed by atoms with van der Waals surface area (Å²) in [4.78, 5) is 44.5. The van der Waals surface area contributed by atoms with Crippen molar-refractivity contribution in [3.8, 4) is 34.8 Å². The minimum absolute atomic E-state index is 0.0276. The zero-order valence-corrected chi connectivity index (χ0v) is 35.5. The topological polar surface area (TPSA) is 177 Å². The first-order valence-corrected chi connectivity index (χ1v) is 20.6. The van der Waals surface area contributed by atoms with Crippen molar-refractivity contribution < 1.29 is 57.0 Å². The van der Waals surface area contributed by atoms with Gasteiger partial charge in [0.25, 0.3) is 0 Å². The molecule has 318 valence electrons. The highest BCUT2D eigenvalue weighted by Gasteiger charge is 2.61. The predicted molar refractivity (Wildman–Crippen MR) is 214 cm³/mol. The molecule has 1 amide bonds. The molecule has 0 spiro atoms. The van der Waals surface area contributed by atoms with Crippen LogP contribution in [-0.2, 0) is 35.0 Å². The lowest BCUT2D eigenvalue weighted by molar-refractivity contribution is -0.151. The number of carbonyl (C=O) groups excluding carboxylic acids is 3. The molecule has 7 atom stereocenters. The van der Waals surface area contributed by atoms with Gasteiger partial charge in [0.05, 0.1) is 43.7 Å². The number of cyclic esters (lactones) is 1. The quantitative estimate of drug-likeness (QED) is 0.105. The van der Waals surface area contributed by atoms with Gasteiger partial charge >= 0.3 is 18.0 Å². The summed E-state index contributed by atoms with van der Waals surface area (Å²) in [5.74, 6) is 1.01. The number of fused-ring (bicyclic) bond motifs is 9. The van der Waals surface area contributed by atoms with E-state index in [0.717, 1.165) is 16.7 Å². The summed E-state index contributed by atoms with van der Waals surface area (Å²) < 4.78 is 53.7. The Kier molecular flexibility index (Phi) is 12.3. The Hall–Kier alpha value is -4.73. The Morgan fingerprint density at radius 2 is 1.85 bits per heavy atom. The molecule has 16 nitrogen and oxygen atoms in total. The zero-order chi connectivity index (χ0) is 42.3. The number of carbonyl (C=O) groups is 3. The van der Waals surface area contributed by atoms with Crippen LogP contribution in [0.15, 0.2) is 18.7 Å². The number of amides is 1. The second-order valence-corrected chi connectivity index (χ2v) is 17.2. The normalized spacial score (nSPS) is 25.7. The molecule has 4 bridgehead atoms. The van der Waals surface area contributed by atoms with Gasteiger partial charge in [-0.05, 0) is 52.2 Å².